The quantitative estimate of drug-likeness (QED) is 0.794. The highest BCUT2D eigenvalue weighted by molar-refractivity contribution is 6.17. The van der Waals surface area contributed by atoms with Crippen molar-refractivity contribution in [1.82, 2.24) is 24.6 Å². The van der Waals surface area contributed by atoms with E-state index in [2.05, 4.69) is 20.0 Å². The van der Waals surface area contributed by atoms with Gasteiger partial charge in [-0.3, -0.25) is 4.79 Å². The standard InChI is InChI=1S/C14H22ClN5O/c1-4-16-12(21)7-9-19-11(6-8-15)17-13-10(3)18-20(5-2)14(13)19/h4-9H2,1-3H3,(H,16,21). The van der Waals surface area contributed by atoms with E-state index in [0.29, 0.717) is 31.8 Å². The van der Waals surface area contributed by atoms with E-state index in [1.807, 2.05) is 25.5 Å². The van der Waals surface area contributed by atoms with Crippen molar-refractivity contribution in [2.75, 3.05) is 12.4 Å². The zero-order valence-electron chi connectivity index (χ0n) is 12.8. The van der Waals surface area contributed by atoms with Crippen LogP contribution in [-0.2, 0) is 24.3 Å². The first-order valence-corrected chi connectivity index (χ1v) is 7.90. The number of aryl methyl sites for hydroxylation is 4. The molecule has 0 atom stereocenters. The largest absolute Gasteiger partial charge is 0.356 e. The minimum Gasteiger partial charge on any atom is -0.356 e. The molecule has 0 aliphatic carbocycles. The topological polar surface area (TPSA) is 64.7 Å². The number of hydrogen-bond acceptors (Lipinski definition) is 3. The van der Waals surface area contributed by atoms with E-state index in [1.165, 1.54) is 0 Å². The molecule has 0 aromatic carbocycles. The third-order valence-corrected chi connectivity index (χ3v) is 3.62. The number of nitrogens with zero attached hydrogens (tertiary/aromatic N) is 4. The van der Waals surface area contributed by atoms with E-state index < -0.39 is 0 Å². The van der Waals surface area contributed by atoms with Crippen LogP contribution in [0.1, 0.15) is 31.8 Å². The fourth-order valence-electron chi connectivity index (χ4n) is 2.50. The Kier molecular flexibility index (Phi) is 5.22. The van der Waals surface area contributed by atoms with Crippen molar-refractivity contribution in [3.8, 4) is 0 Å². The summed E-state index contributed by atoms with van der Waals surface area (Å²) in [4.78, 5) is 16.4. The van der Waals surface area contributed by atoms with Crippen molar-refractivity contribution in [2.24, 2.45) is 0 Å². The second kappa shape index (κ2) is 6.93. The number of amides is 1. The first-order chi connectivity index (χ1) is 10.1. The molecule has 2 aromatic heterocycles. The highest BCUT2D eigenvalue weighted by Gasteiger charge is 2.18. The molecule has 0 saturated heterocycles. The molecule has 21 heavy (non-hydrogen) atoms. The number of carbonyl (C=O) groups is 1. The van der Waals surface area contributed by atoms with Crippen LogP contribution in [0, 0.1) is 6.92 Å². The van der Waals surface area contributed by atoms with Gasteiger partial charge in [-0.2, -0.15) is 5.10 Å². The molecule has 0 saturated carbocycles. The van der Waals surface area contributed by atoms with Gasteiger partial charge in [0.15, 0.2) is 5.65 Å². The molecule has 0 fully saturated rings. The van der Waals surface area contributed by atoms with Crippen molar-refractivity contribution in [3.63, 3.8) is 0 Å². The number of fused-ring (bicyclic) bond motifs is 1. The van der Waals surface area contributed by atoms with E-state index in [-0.39, 0.29) is 5.91 Å². The summed E-state index contributed by atoms with van der Waals surface area (Å²) in [6.07, 6.45) is 1.12. The summed E-state index contributed by atoms with van der Waals surface area (Å²) in [6, 6.07) is 0. The highest BCUT2D eigenvalue weighted by atomic mass is 35.5. The lowest BCUT2D eigenvalue weighted by Crippen LogP contribution is -2.24. The normalized spacial score (nSPS) is 11.2. The van der Waals surface area contributed by atoms with Crippen LogP contribution in [-0.4, -0.2) is 37.7 Å². The molecule has 2 rings (SSSR count). The molecule has 1 amide bonds. The summed E-state index contributed by atoms with van der Waals surface area (Å²) in [7, 11) is 0. The van der Waals surface area contributed by atoms with Crippen LogP contribution in [0.15, 0.2) is 0 Å². The van der Waals surface area contributed by atoms with Gasteiger partial charge in [0, 0.05) is 38.4 Å². The van der Waals surface area contributed by atoms with Crippen molar-refractivity contribution in [2.45, 2.75) is 46.7 Å². The summed E-state index contributed by atoms with van der Waals surface area (Å²) < 4.78 is 4.02. The van der Waals surface area contributed by atoms with E-state index in [1.54, 1.807) is 0 Å². The maximum absolute atomic E-state index is 11.7. The van der Waals surface area contributed by atoms with Crippen LogP contribution in [0.5, 0.6) is 0 Å². The maximum Gasteiger partial charge on any atom is 0.221 e. The predicted molar refractivity (Wildman–Crippen MR) is 83.7 cm³/mol. The Morgan fingerprint density at radius 2 is 2.14 bits per heavy atom. The molecular weight excluding hydrogens is 290 g/mol. The number of aromatic nitrogens is 4. The molecule has 116 valence electrons. The molecule has 0 unspecified atom stereocenters. The smallest absolute Gasteiger partial charge is 0.221 e. The molecule has 0 aliphatic rings. The Labute approximate surface area is 129 Å². The molecule has 1 N–H and O–H groups in total. The van der Waals surface area contributed by atoms with Gasteiger partial charge in [0.2, 0.25) is 5.91 Å². The fraction of sp³-hybridized carbons (Fsp3) is 0.643. The van der Waals surface area contributed by atoms with Gasteiger partial charge in [0.25, 0.3) is 0 Å². The molecule has 0 spiro atoms. The van der Waals surface area contributed by atoms with Gasteiger partial charge >= 0.3 is 0 Å². The lowest BCUT2D eigenvalue weighted by Gasteiger charge is -2.09. The minimum atomic E-state index is 0.0514. The average Bonchev–Trinajstić information content (AvgIpc) is 2.96. The summed E-state index contributed by atoms with van der Waals surface area (Å²) in [5.74, 6) is 1.49. The van der Waals surface area contributed by atoms with Gasteiger partial charge in [-0.05, 0) is 20.8 Å². The van der Waals surface area contributed by atoms with E-state index in [0.717, 1.165) is 29.2 Å². The van der Waals surface area contributed by atoms with Crippen LogP contribution in [0.2, 0.25) is 0 Å². The van der Waals surface area contributed by atoms with E-state index in [9.17, 15) is 4.79 Å². The summed E-state index contributed by atoms with van der Waals surface area (Å²) in [6.45, 7) is 7.95. The third-order valence-electron chi connectivity index (χ3n) is 3.43. The van der Waals surface area contributed by atoms with Crippen molar-refractivity contribution < 1.29 is 4.79 Å². The van der Waals surface area contributed by atoms with Crippen molar-refractivity contribution in [3.05, 3.63) is 11.5 Å². The lowest BCUT2D eigenvalue weighted by atomic mass is 10.3. The van der Waals surface area contributed by atoms with Crippen LogP contribution in [0.4, 0.5) is 0 Å². The molecule has 7 heteroatoms. The van der Waals surface area contributed by atoms with Crippen LogP contribution < -0.4 is 5.32 Å². The molecule has 0 radical (unpaired) electrons. The Hall–Kier alpha value is -1.56. The number of carbonyl (C=O) groups excluding carboxylic acids is 1. The van der Waals surface area contributed by atoms with E-state index in [4.69, 9.17) is 11.6 Å². The Morgan fingerprint density at radius 3 is 2.76 bits per heavy atom. The zero-order valence-corrected chi connectivity index (χ0v) is 13.6. The van der Waals surface area contributed by atoms with Gasteiger partial charge in [-0.1, -0.05) is 0 Å². The van der Waals surface area contributed by atoms with Gasteiger partial charge in [-0.15, -0.1) is 11.6 Å². The number of halogens is 1. The molecule has 0 aliphatic heterocycles. The first kappa shape index (κ1) is 15.8. The second-order valence-corrected chi connectivity index (χ2v) is 5.27. The fourth-order valence-corrected chi connectivity index (χ4v) is 2.67. The molecule has 2 aromatic rings. The SMILES string of the molecule is CCNC(=O)CCn1c(CCCl)nc2c(C)nn(CC)c21. The summed E-state index contributed by atoms with van der Waals surface area (Å²) in [5.41, 5.74) is 2.81. The highest BCUT2D eigenvalue weighted by Crippen LogP contribution is 2.21. The monoisotopic (exact) mass is 311 g/mol. The number of hydrogen-bond donors (Lipinski definition) is 1. The van der Waals surface area contributed by atoms with Crippen LogP contribution in [0.25, 0.3) is 11.2 Å². The minimum absolute atomic E-state index is 0.0514. The Bertz CT molecular complexity index is 631. The van der Waals surface area contributed by atoms with Gasteiger partial charge in [0.1, 0.15) is 11.3 Å². The number of nitrogens with one attached hydrogen (secondary N) is 1. The van der Waals surface area contributed by atoms with Gasteiger partial charge in [0.05, 0.1) is 5.69 Å². The van der Waals surface area contributed by atoms with Crippen LogP contribution in [0.3, 0.4) is 0 Å². The first-order valence-electron chi connectivity index (χ1n) is 7.37. The third kappa shape index (κ3) is 3.20. The van der Waals surface area contributed by atoms with Crippen molar-refractivity contribution >= 4 is 28.7 Å². The van der Waals surface area contributed by atoms with Gasteiger partial charge < -0.3 is 9.88 Å². The molecule has 0 bridgehead atoms. The molecule has 6 nitrogen and oxygen atoms in total. The predicted octanol–water partition coefficient (Wildman–Crippen LogP) is 1.87. The lowest BCUT2D eigenvalue weighted by molar-refractivity contribution is -0.121. The number of alkyl halides is 1. The zero-order chi connectivity index (χ0) is 15.4. The number of rotatable bonds is 7. The van der Waals surface area contributed by atoms with Crippen molar-refractivity contribution in [1.29, 1.82) is 0 Å². The summed E-state index contributed by atoms with van der Waals surface area (Å²) in [5, 5.41) is 7.31. The molecule has 2 heterocycles. The van der Waals surface area contributed by atoms with E-state index >= 15 is 0 Å². The Balaban J connectivity index is 2.37. The van der Waals surface area contributed by atoms with Crippen LogP contribution >= 0.6 is 11.6 Å². The molecular formula is C14H22ClN5O. The number of imidazole rings is 1. The average molecular weight is 312 g/mol. The maximum atomic E-state index is 11.7. The Morgan fingerprint density at radius 1 is 1.38 bits per heavy atom. The second-order valence-electron chi connectivity index (χ2n) is 4.90. The van der Waals surface area contributed by atoms with Gasteiger partial charge in [-0.25, -0.2) is 9.67 Å². The summed E-state index contributed by atoms with van der Waals surface area (Å²) >= 11 is 5.87.